The Morgan fingerprint density at radius 2 is 2.00 bits per heavy atom. The van der Waals surface area contributed by atoms with Crippen molar-refractivity contribution in [1.29, 1.82) is 0 Å². The minimum atomic E-state index is -0.846. The fourth-order valence-corrected chi connectivity index (χ4v) is 1.65. The van der Waals surface area contributed by atoms with Gasteiger partial charge in [0.05, 0.1) is 12.1 Å². The summed E-state index contributed by atoms with van der Waals surface area (Å²) in [7, 11) is 0. The Morgan fingerprint density at radius 1 is 1.26 bits per heavy atom. The minimum Gasteiger partial charge on any atom is -0.481 e. The van der Waals surface area contributed by atoms with Gasteiger partial charge in [-0.1, -0.05) is 0 Å². The second-order valence-electron chi connectivity index (χ2n) is 4.18. The van der Waals surface area contributed by atoms with E-state index < -0.39 is 5.97 Å². The normalized spacial score (nSPS) is 11.8. The van der Waals surface area contributed by atoms with Crippen LogP contribution < -0.4 is 5.32 Å². The Bertz CT molecular complexity index is 542. The van der Waals surface area contributed by atoms with E-state index in [9.17, 15) is 4.79 Å². The number of nitrogens with one attached hydrogen (secondary N) is 1. The fraction of sp³-hybridized carbons (Fsp3) is 0.231. The Hall–Kier alpha value is -2.50. The molecule has 19 heavy (non-hydrogen) atoms. The molecule has 0 aromatic carbocycles. The van der Waals surface area contributed by atoms with Gasteiger partial charge in [0.25, 0.3) is 0 Å². The van der Waals surface area contributed by atoms with Crippen molar-refractivity contribution in [2.75, 3.05) is 5.32 Å². The molecule has 6 nitrogen and oxygen atoms in total. The number of anilines is 1. The van der Waals surface area contributed by atoms with E-state index in [0.29, 0.717) is 5.82 Å². The highest BCUT2D eigenvalue weighted by atomic mass is 16.4. The molecule has 0 aliphatic rings. The van der Waals surface area contributed by atoms with Crippen LogP contribution in [0.4, 0.5) is 5.82 Å². The van der Waals surface area contributed by atoms with Crippen molar-refractivity contribution < 1.29 is 9.90 Å². The zero-order chi connectivity index (χ0) is 13.7. The minimum absolute atomic E-state index is 0.0355. The molecule has 2 N–H and O–H groups in total. The van der Waals surface area contributed by atoms with Crippen LogP contribution in [0.3, 0.4) is 0 Å². The number of carbonyl (C=O) groups is 1. The summed E-state index contributed by atoms with van der Waals surface area (Å²) in [5, 5.41) is 19.8. The van der Waals surface area contributed by atoms with Gasteiger partial charge in [0.1, 0.15) is 5.82 Å². The van der Waals surface area contributed by atoms with Crippen LogP contribution in [-0.2, 0) is 4.79 Å². The number of carboxylic acids is 1. The zero-order valence-corrected chi connectivity index (χ0v) is 10.4. The highest BCUT2D eigenvalue weighted by Crippen LogP contribution is 2.16. The van der Waals surface area contributed by atoms with Crippen molar-refractivity contribution >= 4 is 11.8 Å². The molecule has 98 valence electrons. The van der Waals surface area contributed by atoms with Gasteiger partial charge in [0.2, 0.25) is 0 Å². The van der Waals surface area contributed by atoms with Gasteiger partial charge in [-0.25, -0.2) is 0 Å². The molecule has 2 heterocycles. The number of hydrogen-bond acceptors (Lipinski definition) is 5. The van der Waals surface area contributed by atoms with Crippen LogP contribution in [-0.4, -0.2) is 32.3 Å². The van der Waals surface area contributed by atoms with E-state index in [4.69, 9.17) is 5.11 Å². The van der Waals surface area contributed by atoms with Crippen molar-refractivity contribution in [2.45, 2.75) is 19.4 Å². The lowest BCUT2D eigenvalue weighted by molar-refractivity contribution is -0.137. The van der Waals surface area contributed by atoms with Crippen LogP contribution in [0.2, 0.25) is 0 Å². The molecule has 2 aromatic heterocycles. The number of rotatable bonds is 5. The summed E-state index contributed by atoms with van der Waals surface area (Å²) in [6.45, 7) is 1.78. The van der Waals surface area contributed by atoms with E-state index in [0.717, 1.165) is 11.3 Å². The average molecular weight is 258 g/mol. The van der Waals surface area contributed by atoms with E-state index >= 15 is 0 Å². The standard InChI is InChI=1S/C13H14N4O2/c1-9(8-13(18)19)15-12-3-2-11(16-17-12)10-4-6-14-7-5-10/h2-7,9H,8H2,1H3,(H,15,17)(H,18,19). The maximum absolute atomic E-state index is 10.6. The third kappa shape index (κ3) is 3.74. The van der Waals surface area contributed by atoms with Gasteiger partial charge >= 0.3 is 5.97 Å². The predicted molar refractivity (Wildman–Crippen MR) is 70.6 cm³/mol. The Morgan fingerprint density at radius 3 is 2.58 bits per heavy atom. The molecular formula is C13H14N4O2. The smallest absolute Gasteiger partial charge is 0.305 e. The zero-order valence-electron chi connectivity index (χ0n) is 10.4. The van der Waals surface area contributed by atoms with E-state index in [1.807, 2.05) is 18.2 Å². The lowest BCUT2D eigenvalue weighted by Crippen LogP contribution is -2.20. The first-order valence-corrected chi connectivity index (χ1v) is 5.87. The lowest BCUT2D eigenvalue weighted by Gasteiger charge is -2.11. The van der Waals surface area contributed by atoms with Gasteiger partial charge in [0, 0.05) is 24.0 Å². The highest BCUT2D eigenvalue weighted by Gasteiger charge is 2.08. The van der Waals surface area contributed by atoms with Crippen LogP contribution in [0, 0.1) is 0 Å². The molecule has 2 aromatic rings. The molecule has 0 aliphatic carbocycles. The molecule has 6 heteroatoms. The third-order valence-electron chi connectivity index (χ3n) is 2.52. The van der Waals surface area contributed by atoms with Gasteiger partial charge in [-0.05, 0) is 31.2 Å². The first-order valence-electron chi connectivity index (χ1n) is 5.87. The van der Waals surface area contributed by atoms with E-state index in [1.165, 1.54) is 0 Å². The second-order valence-corrected chi connectivity index (χ2v) is 4.18. The van der Waals surface area contributed by atoms with Crippen LogP contribution in [0.1, 0.15) is 13.3 Å². The number of aliphatic carboxylic acids is 1. The Kier molecular flexibility index (Phi) is 4.02. The molecule has 1 atom stereocenters. The molecule has 0 radical (unpaired) electrons. The largest absolute Gasteiger partial charge is 0.481 e. The first kappa shape index (κ1) is 12.9. The topological polar surface area (TPSA) is 88.0 Å². The van der Waals surface area contributed by atoms with E-state index in [1.54, 1.807) is 25.4 Å². The lowest BCUT2D eigenvalue weighted by atomic mass is 10.2. The van der Waals surface area contributed by atoms with Crippen molar-refractivity contribution in [2.24, 2.45) is 0 Å². The Balaban J connectivity index is 2.05. The molecule has 0 amide bonds. The molecule has 1 unspecified atom stereocenters. The van der Waals surface area contributed by atoms with Crippen LogP contribution in [0.25, 0.3) is 11.3 Å². The molecule has 2 rings (SSSR count). The summed E-state index contributed by atoms with van der Waals surface area (Å²) in [5.41, 5.74) is 1.69. The van der Waals surface area contributed by atoms with Crippen molar-refractivity contribution in [3.8, 4) is 11.3 Å². The SMILES string of the molecule is CC(CC(=O)O)Nc1ccc(-c2ccncc2)nn1. The first-order chi connectivity index (χ1) is 9.15. The second kappa shape index (κ2) is 5.90. The van der Waals surface area contributed by atoms with Gasteiger partial charge in [-0.15, -0.1) is 10.2 Å². The summed E-state index contributed by atoms with van der Waals surface area (Å²) in [4.78, 5) is 14.5. The number of nitrogens with zero attached hydrogens (tertiary/aromatic N) is 3. The molecular weight excluding hydrogens is 244 g/mol. The number of aromatic nitrogens is 3. The summed E-state index contributed by atoms with van der Waals surface area (Å²) in [5.74, 6) is -0.284. The Labute approximate surface area is 110 Å². The summed E-state index contributed by atoms with van der Waals surface area (Å²) < 4.78 is 0. The molecule has 0 bridgehead atoms. The summed E-state index contributed by atoms with van der Waals surface area (Å²) in [6.07, 6.45) is 3.42. The fourth-order valence-electron chi connectivity index (χ4n) is 1.65. The van der Waals surface area contributed by atoms with Gasteiger partial charge in [-0.2, -0.15) is 0 Å². The maximum atomic E-state index is 10.6. The van der Waals surface area contributed by atoms with Crippen molar-refractivity contribution in [3.05, 3.63) is 36.7 Å². The van der Waals surface area contributed by atoms with Crippen molar-refractivity contribution in [3.63, 3.8) is 0 Å². The van der Waals surface area contributed by atoms with Crippen LogP contribution in [0.15, 0.2) is 36.7 Å². The van der Waals surface area contributed by atoms with E-state index in [-0.39, 0.29) is 12.5 Å². The number of pyridine rings is 1. The molecule has 0 saturated carbocycles. The summed E-state index contributed by atoms with van der Waals surface area (Å²) >= 11 is 0. The van der Waals surface area contributed by atoms with Crippen LogP contribution >= 0.6 is 0 Å². The molecule has 0 fully saturated rings. The van der Waals surface area contributed by atoms with E-state index in [2.05, 4.69) is 20.5 Å². The van der Waals surface area contributed by atoms with Crippen LogP contribution in [0.5, 0.6) is 0 Å². The molecule has 0 aliphatic heterocycles. The molecule has 0 spiro atoms. The predicted octanol–water partition coefficient (Wildman–Crippen LogP) is 1.81. The van der Waals surface area contributed by atoms with Crippen molar-refractivity contribution in [1.82, 2.24) is 15.2 Å². The number of carboxylic acid groups (broad SMARTS) is 1. The quantitative estimate of drug-likeness (QED) is 0.850. The van der Waals surface area contributed by atoms with Gasteiger partial charge in [-0.3, -0.25) is 9.78 Å². The number of hydrogen-bond donors (Lipinski definition) is 2. The summed E-state index contributed by atoms with van der Waals surface area (Å²) in [6, 6.07) is 7.12. The van der Waals surface area contributed by atoms with Gasteiger partial charge in [0.15, 0.2) is 0 Å². The maximum Gasteiger partial charge on any atom is 0.305 e. The van der Waals surface area contributed by atoms with Gasteiger partial charge < -0.3 is 10.4 Å². The third-order valence-corrected chi connectivity index (χ3v) is 2.52. The monoisotopic (exact) mass is 258 g/mol. The highest BCUT2D eigenvalue weighted by molar-refractivity contribution is 5.68. The average Bonchev–Trinajstić information content (AvgIpc) is 2.39. The molecule has 0 saturated heterocycles.